The molecule has 110 valence electrons. The maximum atomic E-state index is 6.17. The summed E-state index contributed by atoms with van der Waals surface area (Å²) in [7, 11) is 0. The lowest BCUT2D eigenvalue weighted by atomic mass is 10.2. The molecule has 6 heteroatoms. The van der Waals surface area contributed by atoms with Crippen LogP contribution in [0.4, 0.5) is 17.3 Å². The first-order valence-corrected chi connectivity index (χ1v) is 7.35. The molecule has 1 aliphatic carbocycles. The molecular weight excluding hydrogens is 286 g/mol. The van der Waals surface area contributed by atoms with Gasteiger partial charge in [-0.15, -0.1) is 0 Å². The van der Waals surface area contributed by atoms with Gasteiger partial charge in [0.25, 0.3) is 0 Å². The number of rotatable bonds is 4. The topological polar surface area (TPSA) is 75.9 Å². The number of aromatic nitrogens is 2. The Bertz CT molecular complexity index is 682. The minimum atomic E-state index is 0.457. The summed E-state index contributed by atoms with van der Waals surface area (Å²) < 4.78 is 0. The average Bonchev–Trinajstić information content (AvgIpc) is 3.30. The van der Waals surface area contributed by atoms with Gasteiger partial charge >= 0.3 is 0 Å². The van der Waals surface area contributed by atoms with E-state index in [0.717, 1.165) is 46.3 Å². The van der Waals surface area contributed by atoms with Crippen LogP contribution in [0.2, 0.25) is 5.02 Å². The number of nitrogens with zero attached hydrogens (tertiary/aromatic N) is 2. The summed E-state index contributed by atoms with van der Waals surface area (Å²) in [6, 6.07) is 5.77. The van der Waals surface area contributed by atoms with Crippen molar-refractivity contribution in [1.82, 2.24) is 9.97 Å². The highest BCUT2D eigenvalue weighted by Crippen LogP contribution is 2.40. The van der Waals surface area contributed by atoms with Crippen LogP contribution >= 0.6 is 11.6 Å². The third-order valence-electron chi connectivity index (χ3n) is 3.76. The molecule has 1 aromatic carbocycles. The number of nitrogens with one attached hydrogen (secondary N) is 2. The van der Waals surface area contributed by atoms with Crippen LogP contribution in [0.1, 0.15) is 35.7 Å². The van der Waals surface area contributed by atoms with Crippen LogP contribution in [0.15, 0.2) is 18.2 Å². The number of nitrogen functional groups attached to an aromatic ring is 1. The fraction of sp³-hybridized carbons (Fsp3) is 0.333. The molecular formula is C15H18ClN5. The molecule has 0 amide bonds. The first-order valence-electron chi connectivity index (χ1n) is 6.97. The van der Waals surface area contributed by atoms with E-state index in [1.807, 2.05) is 32.0 Å². The molecule has 5 nitrogen and oxygen atoms in total. The summed E-state index contributed by atoms with van der Waals surface area (Å²) in [5.41, 5.74) is 5.48. The quantitative estimate of drug-likeness (QED) is 0.594. The van der Waals surface area contributed by atoms with Gasteiger partial charge in [0.05, 0.1) is 0 Å². The van der Waals surface area contributed by atoms with Crippen molar-refractivity contribution in [1.29, 1.82) is 0 Å². The van der Waals surface area contributed by atoms with Gasteiger partial charge in [0.2, 0.25) is 0 Å². The summed E-state index contributed by atoms with van der Waals surface area (Å²) in [4.78, 5) is 9.13. The lowest BCUT2D eigenvalue weighted by Gasteiger charge is -2.15. The highest BCUT2D eigenvalue weighted by atomic mass is 35.5. The Balaban J connectivity index is 2.01. The maximum Gasteiger partial charge on any atom is 0.148 e. The molecule has 2 aromatic rings. The van der Waals surface area contributed by atoms with Crippen molar-refractivity contribution in [3.8, 4) is 0 Å². The van der Waals surface area contributed by atoms with Gasteiger partial charge in [0, 0.05) is 22.2 Å². The minimum absolute atomic E-state index is 0.457. The summed E-state index contributed by atoms with van der Waals surface area (Å²) >= 11 is 6.17. The van der Waals surface area contributed by atoms with Crippen LogP contribution in [0.25, 0.3) is 0 Å². The lowest BCUT2D eigenvalue weighted by Crippen LogP contribution is -2.14. The third-order valence-corrected chi connectivity index (χ3v) is 4.17. The standard InChI is InChI=1S/C15H18ClN5/c1-8-11(16)4-3-5-12(8)18-13-9(2)14(21-17)20-15(19-13)10-6-7-10/h3-5,10H,6-7,17H2,1-2H3,(H2,18,19,20,21). The van der Waals surface area contributed by atoms with Crippen molar-refractivity contribution >= 4 is 28.9 Å². The molecule has 4 N–H and O–H groups in total. The maximum absolute atomic E-state index is 6.17. The van der Waals surface area contributed by atoms with Crippen LogP contribution in [-0.4, -0.2) is 9.97 Å². The summed E-state index contributed by atoms with van der Waals surface area (Å²) in [6.07, 6.45) is 2.28. The van der Waals surface area contributed by atoms with E-state index in [4.69, 9.17) is 17.4 Å². The van der Waals surface area contributed by atoms with E-state index < -0.39 is 0 Å². The number of benzene rings is 1. The number of hydrogen-bond acceptors (Lipinski definition) is 5. The molecule has 1 saturated carbocycles. The molecule has 0 spiro atoms. The molecule has 3 rings (SSSR count). The molecule has 1 fully saturated rings. The van der Waals surface area contributed by atoms with E-state index in [2.05, 4.69) is 20.7 Å². The predicted octanol–water partition coefficient (Wildman–Crippen LogP) is 3.65. The molecule has 0 saturated heterocycles. The molecule has 0 unspecified atom stereocenters. The average molecular weight is 304 g/mol. The Labute approximate surface area is 128 Å². The summed E-state index contributed by atoms with van der Waals surface area (Å²) in [5, 5.41) is 4.08. The number of hydrazine groups is 1. The first-order chi connectivity index (χ1) is 10.1. The Morgan fingerprint density at radius 2 is 1.86 bits per heavy atom. The Hall–Kier alpha value is -1.85. The van der Waals surface area contributed by atoms with E-state index in [1.54, 1.807) is 0 Å². The van der Waals surface area contributed by atoms with Crippen LogP contribution in [0.5, 0.6) is 0 Å². The zero-order valence-electron chi connectivity index (χ0n) is 12.1. The summed E-state index contributed by atoms with van der Waals surface area (Å²) in [6.45, 7) is 3.92. The molecule has 0 atom stereocenters. The van der Waals surface area contributed by atoms with Crippen LogP contribution in [0, 0.1) is 13.8 Å². The molecule has 0 bridgehead atoms. The fourth-order valence-corrected chi connectivity index (χ4v) is 2.37. The van der Waals surface area contributed by atoms with E-state index >= 15 is 0 Å². The van der Waals surface area contributed by atoms with Gasteiger partial charge in [0.15, 0.2) is 0 Å². The zero-order valence-corrected chi connectivity index (χ0v) is 12.8. The predicted molar refractivity (Wildman–Crippen MR) is 86.0 cm³/mol. The van der Waals surface area contributed by atoms with E-state index in [-0.39, 0.29) is 0 Å². The van der Waals surface area contributed by atoms with E-state index in [0.29, 0.717) is 11.7 Å². The van der Waals surface area contributed by atoms with Crippen molar-refractivity contribution in [2.45, 2.75) is 32.6 Å². The number of nitrogens with two attached hydrogens (primary N) is 1. The van der Waals surface area contributed by atoms with Crippen molar-refractivity contribution in [2.24, 2.45) is 5.84 Å². The van der Waals surface area contributed by atoms with E-state index in [1.165, 1.54) is 0 Å². The smallest absolute Gasteiger partial charge is 0.148 e. The minimum Gasteiger partial charge on any atom is -0.340 e. The van der Waals surface area contributed by atoms with Crippen molar-refractivity contribution in [3.05, 3.63) is 40.2 Å². The second-order valence-electron chi connectivity index (χ2n) is 5.36. The normalized spacial score (nSPS) is 14.1. The second kappa shape index (κ2) is 5.50. The van der Waals surface area contributed by atoms with Gasteiger partial charge in [-0.3, -0.25) is 0 Å². The highest BCUT2D eigenvalue weighted by molar-refractivity contribution is 6.31. The van der Waals surface area contributed by atoms with Crippen LogP contribution in [-0.2, 0) is 0 Å². The highest BCUT2D eigenvalue weighted by Gasteiger charge is 2.28. The molecule has 21 heavy (non-hydrogen) atoms. The van der Waals surface area contributed by atoms with Gasteiger partial charge in [-0.1, -0.05) is 17.7 Å². The van der Waals surface area contributed by atoms with Gasteiger partial charge in [-0.05, 0) is 44.4 Å². The Morgan fingerprint density at radius 1 is 1.14 bits per heavy atom. The zero-order chi connectivity index (χ0) is 15.0. The molecule has 1 aromatic heterocycles. The SMILES string of the molecule is Cc1c(Cl)cccc1Nc1nc(C2CC2)nc(NN)c1C. The van der Waals surface area contributed by atoms with Crippen LogP contribution < -0.4 is 16.6 Å². The lowest BCUT2D eigenvalue weighted by molar-refractivity contribution is 0.920. The van der Waals surface area contributed by atoms with Gasteiger partial charge in [0.1, 0.15) is 17.5 Å². The Kier molecular flexibility index (Phi) is 3.69. The monoisotopic (exact) mass is 303 g/mol. The van der Waals surface area contributed by atoms with Crippen molar-refractivity contribution in [3.63, 3.8) is 0 Å². The fourth-order valence-electron chi connectivity index (χ4n) is 2.19. The molecule has 1 heterocycles. The summed E-state index contributed by atoms with van der Waals surface area (Å²) in [5.74, 6) is 8.30. The van der Waals surface area contributed by atoms with Crippen molar-refractivity contribution < 1.29 is 0 Å². The molecule has 1 aliphatic rings. The van der Waals surface area contributed by atoms with E-state index in [9.17, 15) is 0 Å². The second-order valence-corrected chi connectivity index (χ2v) is 5.77. The number of anilines is 3. The number of hydrogen-bond donors (Lipinski definition) is 3. The molecule has 0 aliphatic heterocycles. The van der Waals surface area contributed by atoms with Gasteiger partial charge in [-0.2, -0.15) is 0 Å². The van der Waals surface area contributed by atoms with Gasteiger partial charge in [-0.25, -0.2) is 15.8 Å². The number of halogens is 1. The third kappa shape index (κ3) is 2.80. The molecule has 0 radical (unpaired) electrons. The van der Waals surface area contributed by atoms with Crippen molar-refractivity contribution in [2.75, 3.05) is 10.7 Å². The largest absolute Gasteiger partial charge is 0.340 e. The van der Waals surface area contributed by atoms with Gasteiger partial charge < -0.3 is 10.7 Å². The van der Waals surface area contributed by atoms with Crippen LogP contribution in [0.3, 0.4) is 0 Å². The Morgan fingerprint density at radius 3 is 2.52 bits per heavy atom. The first kappa shape index (κ1) is 14.1.